The molecule has 4 heteroatoms. The van der Waals surface area contributed by atoms with Crippen LogP contribution >= 0.6 is 0 Å². The van der Waals surface area contributed by atoms with Gasteiger partial charge in [0, 0.05) is 12.6 Å². The third-order valence-corrected chi connectivity index (χ3v) is 3.43. The highest BCUT2D eigenvalue weighted by molar-refractivity contribution is 4.81. The fourth-order valence-corrected chi connectivity index (χ4v) is 2.24. The first-order chi connectivity index (χ1) is 7.57. The highest BCUT2D eigenvalue weighted by atomic mass is 16.7. The molecular weight excluding hydrogens is 206 g/mol. The topological polar surface area (TPSA) is 39.7 Å². The molecule has 0 radical (unpaired) electrons. The van der Waals surface area contributed by atoms with Gasteiger partial charge in [-0.1, -0.05) is 0 Å². The van der Waals surface area contributed by atoms with Crippen LogP contribution in [0, 0.1) is 5.92 Å². The van der Waals surface area contributed by atoms with Crippen LogP contribution < -0.4 is 5.32 Å². The summed E-state index contributed by atoms with van der Waals surface area (Å²) in [5.74, 6) is 0.215. The Morgan fingerprint density at radius 2 is 1.88 bits per heavy atom. The minimum atomic E-state index is -0.419. The van der Waals surface area contributed by atoms with Crippen LogP contribution in [-0.4, -0.2) is 44.3 Å². The zero-order valence-corrected chi connectivity index (χ0v) is 10.5. The van der Waals surface area contributed by atoms with E-state index in [0.29, 0.717) is 18.0 Å². The molecule has 2 unspecified atom stereocenters. The van der Waals surface area contributed by atoms with Crippen LogP contribution in [0.25, 0.3) is 0 Å². The maximum atomic E-state index is 5.63. The molecule has 2 atom stereocenters. The van der Waals surface area contributed by atoms with Crippen LogP contribution in [0.2, 0.25) is 0 Å². The third kappa shape index (κ3) is 3.17. The molecule has 0 amide bonds. The summed E-state index contributed by atoms with van der Waals surface area (Å²) in [5.41, 5.74) is 0. The molecular formula is C12H23NO3. The van der Waals surface area contributed by atoms with Gasteiger partial charge < -0.3 is 19.5 Å². The molecule has 2 rings (SSSR count). The normalized spacial score (nSPS) is 32.8. The molecule has 0 spiro atoms. The highest BCUT2D eigenvalue weighted by Crippen LogP contribution is 2.20. The van der Waals surface area contributed by atoms with Gasteiger partial charge in [0.1, 0.15) is 0 Å². The van der Waals surface area contributed by atoms with Crippen molar-refractivity contribution in [2.45, 2.75) is 45.1 Å². The summed E-state index contributed by atoms with van der Waals surface area (Å²) in [6.45, 7) is 9.37. The molecule has 0 saturated carbocycles. The second-order valence-electron chi connectivity index (χ2n) is 5.30. The van der Waals surface area contributed by atoms with Crippen molar-refractivity contribution < 1.29 is 14.2 Å². The van der Waals surface area contributed by atoms with Crippen molar-refractivity contribution in [3.63, 3.8) is 0 Å². The zero-order valence-electron chi connectivity index (χ0n) is 10.5. The Morgan fingerprint density at radius 3 is 2.44 bits per heavy atom. The predicted molar refractivity (Wildman–Crippen MR) is 61.3 cm³/mol. The number of rotatable bonds is 3. The molecule has 4 nitrogen and oxygen atoms in total. The number of hydrogen-bond acceptors (Lipinski definition) is 4. The van der Waals surface area contributed by atoms with Crippen molar-refractivity contribution >= 4 is 0 Å². The van der Waals surface area contributed by atoms with Gasteiger partial charge in [0.2, 0.25) is 0 Å². The van der Waals surface area contributed by atoms with Crippen molar-refractivity contribution in [2.24, 2.45) is 5.92 Å². The van der Waals surface area contributed by atoms with Gasteiger partial charge in [0.25, 0.3) is 0 Å². The lowest BCUT2D eigenvalue weighted by Gasteiger charge is -2.37. The van der Waals surface area contributed by atoms with E-state index in [0.717, 1.165) is 32.8 Å². The van der Waals surface area contributed by atoms with E-state index in [1.165, 1.54) is 0 Å². The van der Waals surface area contributed by atoms with E-state index in [9.17, 15) is 0 Å². The third-order valence-electron chi connectivity index (χ3n) is 3.43. The van der Waals surface area contributed by atoms with Crippen molar-refractivity contribution in [1.82, 2.24) is 5.32 Å². The lowest BCUT2D eigenvalue weighted by Crippen LogP contribution is -2.52. The van der Waals surface area contributed by atoms with Gasteiger partial charge in [-0.3, -0.25) is 0 Å². The second-order valence-corrected chi connectivity index (χ2v) is 5.30. The Bertz CT molecular complexity index is 216. The van der Waals surface area contributed by atoms with Crippen molar-refractivity contribution in [2.75, 3.05) is 26.4 Å². The van der Waals surface area contributed by atoms with Gasteiger partial charge >= 0.3 is 0 Å². The maximum Gasteiger partial charge on any atom is 0.162 e. The molecule has 16 heavy (non-hydrogen) atoms. The van der Waals surface area contributed by atoms with E-state index in [1.807, 2.05) is 13.8 Å². The molecule has 0 aromatic heterocycles. The highest BCUT2D eigenvalue weighted by Gasteiger charge is 2.30. The van der Waals surface area contributed by atoms with Crippen LogP contribution in [0.5, 0.6) is 0 Å². The fourth-order valence-electron chi connectivity index (χ4n) is 2.24. The van der Waals surface area contributed by atoms with Gasteiger partial charge in [-0.15, -0.1) is 0 Å². The molecule has 2 aliphatic rings. The van der Waals surface area contributed by atoms with E-state index in [2.05, 4.69) is 12.2 Å². The summed E-state index contributed by atoms with van der Waals surface area (Å²) >= 11 is 0. The molecule has 0 aromatic rings. The minimum absolute atomic E-state index is 0.309. The van der Waals surface area contributed by atoms with Crippen molar-refractivity contribution in [3.05, 3.63) is 0 Å². The first-order valence-electron chi connectivity index (χ1n) is 6.18. The van der Waals surface area contributed by atoms with Crippen LogP contribution in [0.15, 0.2) is 0 Å². The fraction of sp³-hybridized carbons (Fsp3) is 1.00. The Balaban J connectivity index is 1.73. The molecule has 94 valence electrons. The Kier molecular flexibility index (Phi) is 3.85. The average Bonchev–Trinajstić information content (AvgIpc) is 2.74. The lowest BCUT2D eigenvalue weighted by atomic mass is 10.00. The summed E-state index contributed by atoms with van der Waals surface area (Å²) in [5, 5.41) is 3.57. The summed E-state index contributed by atoms with van der Waals surface area (Å²) in [6, 6.07) is 0.782. The summed E-state index contributed by atoms with van der Waals surface area (Å²) in [6.07, 6.45) is 1.16. The van der Waals surface area contributed by atoms with E-state index >= 15 is 0 Å². The molecule has 2 heterocycles. The Labute approximate surface area is 97.6 Å². The van der Waals surface area contributed by atoms with Gasteiger partial charge in [0.15, 0.2) is 5.79 Å². The van der Waals surface area contributed by atoms with Gasteiger partial charge in [0.05, 0.1) is 25.9 Å². The predicted octanol–water partition coefficient (Wildman–Crippen LogP) is 1.15. The maximum absolute atomic E-state index is 5.63. The Morgan fingerprint density at radius 1 is 1.19 bits per heavy atom. The second kappa shape index (κ2) is 5.00. The van der Waals surface area contributed by atoms with E-state index in [-0.39, 0.29) is 0 Å². The molecule has 0 bridgehead atoms. The lowest BCUT2D eigenvalue weighted by molar-refractivity contribution is -0.253. The quantitative estimate of drug-likeness (QED) is 0.788. The summed E-state index contributed by atoms with van der Waals surface area (Å²) in [7, 11) is 0. The number of hydrogen-bond donors (Lipinski definition) is 1. The van der Waals surface area contributed by atoms with Crippen molar-refractivity contribution in [3.8, 4) is 0 Å². The van der Waals surface area contributed by atoms with E-state index in [4.69, 9.17) is 14.2 Å². The van der Waals surface area contributed by atoms with Crippen LogP contribution in [-0.2, 0) is 14.2 Å². The summed E-state index contributed by atoms with van der Waals surface area (Å²) < 4.78 is 16.6. The van der Waals surface area contributed by atoms with Gasteiger partial charge in [-0.2, -0.15) is 0 Å². The first kappa shape index (κ1) is 12.3. The molecule has 1 N–H and O–H groups in total. The van der Waals surface area contributed by atoms with Gasteiger partial charge in [-0.25, -0.2) is 0 Å². The van der Waals surface area contributed by atoms with E-state index in [1.54, 1.807) is 0 Å². The molecule has 0 aromatic carbocycles. The van der Waals surface area contributed by atoms with Crippen LogP contribution in [0.4, 0.5) is 0 Å². The Hall–Kier alpha value is -0.160. The number of nitrogens with one attached hydrogen (secondary N) is 1. The molecule has 0 aliphatic carbocycles. The van der Waals surface area contributed by atoms with Gasteiger partial charge in [-0.05, 0) is 33.1 Å². The average molecular weight is 229 g/mol. The smallest absolute Gasteiger partial charge is 0.162 e. The van der Waals surface area contributed by atoms with E-state index < -0.39 is 5.79 Å². The van der Waals surface area contributed by atoms with Crippen LogP contribution in [0.3, 0.4) is 0 Å². The molecule has 2 saturated heterocycles. The first-order valence-corrected chi connectivity index (χ1v) is 6.18. The van der Waals surface area contributed by atoms with Crippen molar-refractivity contribution in [1.29, 1.82) is 0 Å². The SMILES string of the molecule is CC(NC1COC(C)(C)OC1)C1CCOC1. The molecule has 2 aliphatic heterocycles. The monoisotopic (exact) mass is 229 g/mol. The number of ether oxygens (including phenoxy) is 3. The van der Waals surface area contributed by atoms with Crippen LogP contribution in [0.1, 0.15) is 27.2 Å². The molecule has 2 fully saturated rings. The minimum Gasteiger partial charge on any atom is -0.381 e. The summed E-state index contributed by atoms with van der Waals surface area (Å²) in [4.78, 5) is 0. The zero-order chi connectivity index (χ0) is 11.6. The largest absolute Gasteiger partial charge is 0.381 e. The standard InChI is InChI=1S/C12H23NO3/c1-9(10-4-5-14-6-10)13-11-7-15-12(2,3)16-8-11/h9-11,13H,4-8H2,1-3H3.